The van der Waals surface area contributed by atoms with Crippen molar-refractivity contribution in [3.8, 4) is 0 Å². The van der Waals surface area contributed by atoms with E-state index in [1.54, 1.807) is 31.3 Å². The van der Waals surface area contributed by atoms with Crippen LogP contribution in [0.15, 0.2) is 53.5 Å². The number of aliphatic hydroxyl groups is 1. The molecule has 2 unspecified atom stereocenters. The number of hydrogen-bond donors (Lipinski definition) is 3. The van der Waals surface area contributed by atoms with Crippen molar-refractivity contribution >= 4 is 23.3 Å². The van der Waals surface area contributed by atoms with E-state index in [0.717, 1.165) is 50.7 Å². The summed E-state index contributed by atoms with van der Waals surface area (Å²) >= 11 is 0. The Balaban J connectivity index is 1.60. The van der Waals surface area contributed by atoms with E-state index in [1.807, 2.05) is 0 Å². The molecule has 1 fully saturated rings. The lowest BCUT2D eigenvalue weighted by Gasteiger charge is -2.35. The van der Waals surface area contributed by atoms with Gasteiger partial charge in [0.15, 0.2) is 12.2 Å². The second kappa shape index (κ2) is 12.2. The van der Waals surface area contributed by atoms with Crippen LogP contribution in [0.2, 0.25) is 0 Å². The molecule has 2 aromatic carbocycles. The number of fused-ring (bicyclic) bond motifs is 1. The normalized spacial score (nSPS) is 21.4. The summed E-state index contributed by atoms with van der Waals surface area (Å²) in [5.74, 6) is -0.442. The highest BCUT2D eigenvalue weighted by molar-refractivity contribution is 6.22. The van der Waals surface area contributed by atoms with E-state index in [2.05, 4.69) is 22.5 Å². The third-order valence-corrected chi connectivity index (χ3v) is 8.07. The summed E-state index contributed by atoms with van der Waals surface area (Å²) in [6.45, 7) is 2.68. The third kappa shape index (κ3) is 6.29. The summed E-state index contributed by atoms with van der Waals surface area (Å²) < 4.78 is 38.7. The predicted octanol–water partition coefficient (Wildman–Crippen LogP) is 5.18. The van der Waals surface area contributed by atoms with Gasteiger partial charge in [0.25, 0.3) is 0 Å². The molecular formula is C30H38F3N4O3+. The maximum Gasteiger partial charge on any atom is 0.429 e. The minimum Gasteiger partial charge on any atom is -0.392 e. The number of para-hydroxylation sites is 1. The lowest BCUT2D eigenvalue weighted by Crippen LogP contribution is -2.66. The second-order valence-corrected chi connectivity index (χ2v) is 11.0. The number of quaternary nitrogens is 1. The maximum absolute atomic E-state index is 14.0. The average Bonchev–Trinajstić information content (AvgIpc) is 3.35. The number of nitrogens with zero attached hydrogens (tertiary/aromatic N) is 2. The summed E-state index contributed by atoms with van der Waals surface area (Å²) in [5.41, 5.74) is 0.399. The number of carbonyl (C=O) groups is 2. The number of aliphatic imine (C=N–C) groups is 1. The van der Waals surface area contributed by atoms with Crippen LogP contribution in [-0.4, -0.2) is 61.1 Å². The fraction of sp³-hybridized carbons (Fsp3) is 0.500. The molecule has 10 heteroatoms. The number of alkyl halides is 3. The van der Waals surface area contributed by atoms with Gasteiger partial charge in [-0.05, 0) is 37.5 Å². The fourth-order valence-corrected chi connectivity index (χ4v) is 5.61. The molecule has 0 aromatic heterocycles. The van der Waals surface area contributed by atoms with Gasteiger partial charge in [0.2, 0.25) is 0 Å². The van der Waals surface area contributed by atoms with Crippen LogP contribution in [0.1, 0.15) is 68.6 Å². The van der Waals surface area contributed by atoms with Crippen molar-refractivity contribution in [3.63, 3.8) is 0 Å². The number of likely N-dealkylation sites (N-methyl/N-ethyl adjacent to an activating group) is 1. The highest BCUT2D eigenvalue weighted by Crippen LogP contribution is 2.35. The van der Waals surface area contributed by atoms with Gasteiger partial charge in [0, 0.05) is 24.7 Å². The molecule has 4 rings (SSSR count). The van der Waals surface area contributed by atoms with Gasteiger partial charge >= 0.3 is 18.1 Å². The average molecular weight is 560 g/mol. The summed E-state index contributed by atoms with van der Waals surface area (Å²) in [4.78, 5) is 32.1. The molecule has 3 amide bonds. The van der Waals surface area contributed by atoms with Gasteiger partial charge in [0.05, 0.1) is 35.5 Å². The Morgan fingerprint density at radius 1 is 1.12 bits per heavy atom. The molecule has 2 atom stereocenters. The Bertz CT molecular complexity index is 1240. The lowest BCUT2D eigenvalue weighted by molar-refractivity contribution is -0.137. The maximum atomic E-state index is 14.0. The first kappa shape index (κ1) is 29.9. The van der Waals surface area contributed by atoms with Crippen molar-refractivity contribution in [2.45, 2.75) is 69.7 Å². The number of halogens is 3. The number of amides is 3. The number of urea groups is 1. The number of benzene rings is 2. The molecule has 1 aliphatic heterocycles. The van der Waals surface area contributed by atoms with Gasteiger partial charge in [0.1, 0.15) is 0 Å². The van der Waals surface area contributed by atoms with Crippen LogP contribution in [0, 0.1) is 0 Å². The fourth-order valence-electron chi connectivity index (χ4n) is 5.61. The van der Waals surface area contributed by atoms with Crippen molar-refractivity contribution in [2.24, 2.45) is 4.99 Å². The SMILES string of the molecule is CCCCC(O)CNCC1(NC(=O)[N+]2(C)C(=O)CN=C(c3ccc(C(F)(F)F)cc3)c3ccccc32)CCCC1. The first-order valence-corrected chi connectivity index (χ1v) is 13.9. The van der Waals surface area contributed by atoms with Crippen molar-refractivity contribution < 1.29 is 27.9 Å². The first-order valence-electron chi connectivity index (χ1n) is 13.9. The molecule has 2 aliphatic rings. The van der Waals surface area contributed by atoms with Crippen molar-refractivity contribution in [1.82, 2.24) is 15.1 Å². The molecule has 3 N–H and O–H groups in total. The largest absolute Gasteiger partial charge is 0.429 e. The highest BCUT2D eigenvalue weighted by atomic mass is 19.4. The summed E-state index contributed by atoms with van der Waals surface area (Å²) in [6.07, 6.45) is 1.12. The molecule has 2 aromatic rings. The molecule has 7 nitrogen and oxygen atoms in total. The summed E-state index contributed by atoms with van der Waals surface area (Å²) in [7, 11) is 1.55. The molecule has 40 heavy (non-hydrogen) atoms. The number of unbranched alkanes of at least 4 members (excludes halogenated alkanes) is 1. The van der Waals surface area contributed by atoms with Gasteiger partial charge in [-0.25, -0.2) is 9.59 Å². The molecule has 0 spiro atoms. The number of hydrogen-bond acceptors (Lipinski definition) is 5. The van der Waals surface area contributed by atoms with E-state index in [-0.39, 0.29) is 6.54 Å². The Morgan fingerprint density at radius 2 is 1.80 bits per heavy atom. The van der Waals surface area contributed by atoms with Gasteiger partial charge in [-0.3, -0.25) is 10.3 Å². The van der Waals surface area contributed by atoms with Crippen molar-refractivity contribution in [3.05, 3.63) is 65.2 Å². The number of imide groups is 1. The highest BCUT2D eigenvalue weighted by Gasteiger charge is 2.49. The van der Waals surface area contributed by atoms with Gasteiger partial charge in [-0.15, -0.1) is 4.48 Å². The van der Waals surface area contributed by atoms with Gasteiger partial charge < -0.3 is 10.4 Å². The third-order valence-electron chi connectivity index (χ3n) is 8.07. The number of rotatable bonds is 9. The minimum atomic E-state index is -4.47. The molecule has 1 saturated carbocycles. The monoisotopic (exact) mass is 559 g/mol. The second-order valence-electron chi connectivity index (χ2n) is 11.0. The van der Waals surface area contributed by atoms with Crippen molar-refractivity contribution in [1.29, 1.82) is 0 Å². The van der Waals surface area contributed by atoms with E-state index in [4.69, 9.17) is 0 Å². The standard InChI is InChI=1S/C30H37F3N4O3/c1-3-4-9-23(38)18-34-20-29(16-7-8-17-29)36-28(40)37(2)25-11-6-5-10-24(25)27(35-19-26(37)39)21-12-14-22(15-13-21)30(31,32)33/h5-6,10-15,23,34,38H,3-4,7-9,16-20H2,1-2H3/p+1. The zero-order valence-corrected chi connectivity index (χ0v) is 23.1. The first-order chi connectivity index (χ1) is 19.0. The molecule has 1 heterocycles. The summed E-state index contributed by atoms with van der Waals surface area (Å²) in [5, 5.41) is 16.8. The van der Waals surface area contributed by atoms with Crippen LogP contribution in [0.4, 0.5) is 23.7 Å². The summed E-state index contributed by atoms with van der Waals surface area (Å²) in [6, 6.07) is 11.1. The van der Waals surface area contributed by atoms with Gasteiger partial charge in [-0.2, -0.15) is 13.2 Å². The Kier molecular flexibility index (Phi) is 9.12. The smallest absolute Gasteiger partial charge is 0.392 e. The van der Waals surface area contributed by atoms with Crippen molar-refractivity contribution in [2.75, 3.05) is 26.7 Å². The Hall–Kier alpha value is -3.08. The van der Waals surface area contributed by atoms with Crippen LogP contribution in [0.25, 0.3) is 0 Å². The molecule has 0 radical (unpaired) electrons. The molecular weight excluding hydrogens is 521 g/mol. The van der Waals surface area contributed by atoms with Crippen LogP contribution < -0.4 is 15.1 Å². The van der Waals surface area contributed by atoms with Crippen LogP contribution in [0.5, 0.6) is 0 Å². The van der Waals surface area contributed by atoms with E-state index in [9.17, 15) is 27.9 Å². The van der Waals surface area contributed by atoms with E-state index in [0.29, 0.717) is 42.0 Å². The minimum absolute atomic E-state index is 0.302. The number of nitrogens with one attached hydrogen (secondary N) is 2. The molecule has 216 valence electrons. The Morgan fingerprint density at radius 3 is 2.45 bits per heavy atom. The Labute approximate surface area is 233 Å². The number of benzodiazepines with no additional fused rings is 1. The van der Waals surface area contributed by atoms with Crippen LogP contribution in [0.3, 0.4) is 0 Å². The zero-order valence-electron chi connectivity index (χ0n) is 23.1. The molecule has 0 saturated heterocycles. The lowest BCUT2D eigenvalue weighted by atomic mass is 9.96. The van der Waals surface area contributed by atoms with Gasteiger partial charge in [-0.1, -0.05) is 56.9 Å². The predicted molar refractivity (Wildman–Crippen MR) is 149 cm³/mol. The zero-order chi connectivity index (χ0) is 29.0. The number of carbonyl (C=O) groups excluding carboxylic acids is 2. The van der Waals surface area contributed by atoms with E-state index < -0.39 is 39.8 Å². The van der Waals surface area contributed by atoms with Crippen LogP contribution >= 0.6 is 0 Å². The molecule has 0 bridgehead atoms. The topological polar surface area (TPSA) is 90.8 Å². The number of aliphatic hydroxyl groups excluding tert-OH is 1. The van der Waals surface area contributed by atoms with Crippen LogP contribution in [-0.2, 0) is 11.0 Å². The van der Waals surface area contributed by atoms with E-state index >= 15 is 0 Å². The van der Waals surface area contributed by atoms with E-state index in [1.165, 1.54) is 12.1 Å². The quantitative estimate of drug-likeness (QED) is 0.369. The molecule has 1 aliphatic carbocycles.